The van der Waals surface area contributed by atoms with Gasteiger partial charge in [0.1, 0.15) is 0 Å². The van der Waals surface area contributed by atoms with Crippen LogP contribution in [0.25, 0.3) is 0 Å². The van der Waals surface area contributed by atoms with Crippen molar-refractivity contribution in [2.75, 3.05) is 0 Å². The Morgan fingerprint density at radius 2 is 0.759 bits per heavy atom. The Balaban J connectivity index is 6.49. The smallest absolute Gasteiger partial charge is 0.0508 e. The fourth-order valence-electron chi connectivity index (χ4n) is 5.14. The molecule has 3 heteroatoms. The van der Waals surface area contributed by atoms with Crippen molar-refractivity contribution >= 4 is 15.8 Å². The zero-order chi connectivity index (χ0) is 23.6. The van der Waals surface area contributed by atoms with Gasteiger partial charge in [-0.15, -0.1) is 0 Å². The van der Waals surface area contributed by atoms with Crippen molar-refractivity contribution in [1.82, 2.24) is 0 Å². The topological polar surface area (TPSA) is 26.0 Å². The van der Waals surface area contributed by atoms with Gasteiger partial charge in [-0.2, -0.15) is 0 Å². The average Bonchev–Trinajstić information content (AvgIpc) is 2.38. The Kier molecular flexibility index (Phi) is 9.94. The molecule has 0 radical (unpaired) electrons. The molecule has 0 aliphatic rings. The van der Waals surface area contributed by atoms with E-state index >= 15 is 0 Å². The van der Waals surface area contributed by atoms with Crippen LogP contribution in [0.4, 0.5) is 0 Å². The van der Waals surface area contributed by atoms with Crippen LogP contribution in [-0.2, 0) is 0 Å². The molecule has 0 aromatic rings. The number of nitrogens with two attached hydrogens (primary N) is 1. The third kappa shape index (κ3) is 9.13. The molecule has 0 saturated heterocycles. The minimum absolute atomic E-state index is 0.270. The zero-order valence-electron chi connectivity index (χ0n) is 22.5. The van der Waals surface area contributed by atoms with Gasteiger partial charge in [-0.1, -0.05) is 125 Å². The maximum absolute atomic E-state index is 6.99. The van der Waals surface area contributed by atoms with E-state index in [1.165, 1.54) is 0 Å². The first-order valence-electron chi connectivity index (χ1n) is 11.4. The molecular weight excluding hydrogens is 388 g/mol. The number of rotatable bonds is 6. The lowest BCUT2D eigenvalue weighted by molar-refractivity contribution is 0.694. The van der Waals surface area contributed by atoms with E-state index in [-0.39, 0.29) is 36.5 Å². The van der Waals surface area contributed by atoms with Gasteiger partial charge >= 0.3 is 0 Å². The van der Waals surface area contributed by atoms with Crippen LogP contribution in [0.1, 0.15) is 117 Å². The standard InChI is InChI=1S/C26H53NP2/c1-16-20(28(22(3,4)5)23(6,7)8)18-26(15,27)19-21(17-2)29(24(9,10)11)25(12,13)14/h18-19H,16-17,27H2,1-15H3/b20-18-,21-19-. The molecule has 29 heavy (non-hydrogen) atoms. The molecule has 0 spiro atoms. The average molecular weight is 442 g/mol. The molecule has 0 aliphatic heterocycles. The highest BCUT2D eigenvalue weighted by Gasteiger charge is 2.39. The van der Waals surface area contributed by atoms with Gasteiger partial charge in [0, 0.05) is 0 Å². The predicted octanol–water partition coefficient (Wildman–Crippen LogP) is 9.45. The van der Waals surface area contributed by atoms with Crippen LogP contribution in [0.3, 0.4) is 0 Å². The summed E-state index contributed by atoms with van der Waals surface area (Å²) in [6, 6.07) is 0. The van der Waals surface area contributed by atoms with Crippen molar-refractivity contribution in [3.63, 3.8) is 0 Å². The first-order valence-corrected chi connectivity index (χ1v) is 14.1. The van der Waals surface area contributed by atoms with Crippen LogP contribution in [0, 0.1) is 0 Å². The number of hydrogen-bond donors (Lipinski definition) is 1. The first kappa shape index (κ1) is 29.3. The van der Waals surface area contributed by atoms with E-state index in [0.29, 0.717) is 0 Å². The SMILES string of the molecule is CC/C(=C/C(C)(N)/C=C(/CC)P(C(C)(C)C)C(C)(C)C)P(C(C)(C)C)C(C)(C)C. The molecule has 1 nitrogen and oxygen atoms in total. The quantitative estimate of drug-likeness (QED) is 0.408. The zero-order valence-corrected chi connectivity index (χ0v) is 24.3. The largest absolute Gasteiger partial charge is 0.319 e. The highest BCUT2D eigenvalue weighted by molar-refractivity contribution is 7.65. The van der Waals surface area contributed by atoms with Crippen molar-refractivity contribution in [3.8, 4) is 0 Å². The second kappa shape index (κ2) is 9.84. The third-order valence-electron chi connectivity index (χ3n) is 4.94. The van der Waals surface area contributed by atoms with Gasteiger partial charge in [0.25, 0.3) is 0 Å². The monoisotopic (exact) mass is 441 g/mol. The van der Waals surface area contributed by atoms with Crippen LogP contribution >= 0.6 is 15.8 Å². The Morgan fingerprint density at radius 3 is 0.897 bits per heavy atom. The van der Waals surface area contributed by atoms with E-state index in [2.05, 4.69) is 116 Å². The number of allylic oxidation sites excluding steroid dienone is 2. The molecule has 0 aliphatic carbocycles. The lowest BCUT2D eigenvalue weighted by Crippen LogP contribution is -2.34. The molecule has 0 bridgehead atoms. The van der Waals surface area contributed by atoms with Gasteiger partial charge in [0.15, 0.2) is 0 Å². The van der Waals surface area contributed by atoms with Gasteiger partial charge < -0.3 is 5.73 Å². The Hall–Kier alpha value is 0.300. The highest BCUT2D eigenvalue weighted by Crippen LogP contribution is 2.67. The van der Waals surface area contributed by atoms with E-state index in [4.69, 9.17) is 5.73 Å². The summed E-state index contributed by atoms with van der Waals surface area (Å²) in [5.41, 5.74) is 6.57. The molecule has 0 heterocycles. The minimum atomic E-state index is -0.412. The minimum Gasteiger partial charge on any atom is -0.319 e. The Bertz CT molecular complexity index is 504. The van der Waals surface area contributed by atoms with Crippen LogP contribution in [-0.4, -0.2) is 26.2 Å². The van der Waals surface area contributed by atoms with Gasteiger partial charge in [0.2, 0.25) is 0 Å². The molecule has 0 rings (SSSR count). The highest BCUT2D eigenvalue weighted by atomic mass is 31.1. The maximum Gasteiger partial charge on any atom is 0.0508 e. The van der Waals surface area contributed by atoms with Crippen LogP contribution < -0.4 is 5.73 Å². The Morgan fingerprint density at radius 1 is 0.552 bits per heavy atom. The van der Waals surface area contributed by atoms with Crippen molar-refractivity contribution in [1.29, 1.82) is 0 Å². The van der Waals surface area contributed by atoms with Crippen molar-refractivity contribution < 1.29 is 0 Å². The molecule has 0 amide bonds. The molecular formula is C26H53NP2. The summed E-state index contributed by atoms with van der Waals surface area (Å²) in [5.74, 6) is 0. The van der Waals surface area contributed by atoms with Crippen LogP contribution in [0.15, 0.2) is 22.8 Å². The summed E-state index contributed by atoms with van der Waals surface area (Å²) < 4.78 is 0. The van der Waals surface area contributed by atoms with E-state index in [1.54, 1.807) is 10.6 Å². The lowest BCUT2D eigenvalue weighted by Gasteiger charge is -2.45. The maximum atomic E-state index is 6.99. The molecule has 0 atom stereocenters. The van der Waals surface area contributed by atoms with Gasteiger partial charge in [0.05, 0.1) is 5.54 Å². The van der Waals surface area contributed by atoms with Crippen LogP contribution in [0.2, 0.25) is 0 Å². The van der Waals surface area contributed by atoms with Crippen molar-refractivity contribution in [3.05, 3.63) is 22.8 Å². The van der Waals surface area contributed by atoms with E-state index < -0.39 is 5.54 Å². The van der Waals surface area contributed by atoms with E-state index in [0.717, 1.165) is 12.8 Å². The van der Waals surface area contributed by atoms with Crippen molar-refractivity contribution in [2.45, 2.75) is 143 Å². The normalized spacial score (nSPS) is 16.2. The molecule has 0 fully saturated rings. The van der Waals surface area contributed by atoms with Gasteiger partial charge in [-0.3, -0.25) is 0 Å². The summed E-state index contributed by atoms with van der Waals surface area (Å²) in [6.45, 7) is 35.6. The van der Waals surface area contributed by atoms with Crippen molar-refractivity contribution in [2.24, 2.45) is 5.73 Å². The van der Waals surface area contributed by atoms with Gasteiger partial charge in [-0.05, 0) is 51.0 Å². The molecule has 2 N–H and O–H groups in total. The first-order chi connectivity index (χ1) is 12.6. The summed E-state index contributed by atoms with van der Waals surface area (Å²) >= 11 is 0. The predicted molar refractivity (Wildman–Crippen MR) is 142 cm³/mol. The summed E-state index contributed by atoms with van der Waals surface area (Å²) in [6.07, 6.45) is 7.00. The second-order valence-corrected chi connectivity index (χ2v) is 20.6. The fourth-order valence-corrected chi connectivity index (χ4v) is 14.1. The van der Waals surface area contributed by atoms with E-state index in [9.17, 15) is 0 Å². The lowest BCUT2D eigenvalue weighted by atomic mass is 10.0. The second-order valence-electron chi connectivity index (χ2n) is 12.7. The molecule has 172 valence electrons. The molecule has 0 aromatic carbocycles. The summed E-state index contributed by atoms with van der Waals surface area (Å²) in [5, 5.41) is 4.21. The molecule has 0 aromatic heterocycles. The summed E-state index contributed by atoms with van der Waals surface area (Å²) in [7, 11) is -0.606. The number of hydrogen-bond acceptors (Lipinski definition) is 1. The fraction of sp³-hybridized carbons (Fsp3) is 0.846. The molecule has 0 saturated carbocycles. The molecule has 0 unspecified atom stereocenters. The van der Waals surface area contributed by atoms with E-state index in [1.807, 2.05) is 0 Å². The van der Waals surface area contributed by atoms with Crippen LogP contribution in [0.5, 0.6) is 0 Å². The van der Waals surface area contributed by atoms with Gasteiger partial charge in [-0.25, -0.2) is 0 Å². The summed E-state index contributed by atoms with van der Waals surface area (Å²) in [4.78, 5) is 0. The third-order valence-corrected chi connectivity index (χ3v) is 12.3. The Labute approximate surface area is 187 Å².